The number of halogens is 2. The molecule has 1 unspecified atom stereocenters. The number of hydrogen-bond acceptors (Lipinski definition) is 4. The van der Waals surface area contributed by atoms with Crippen LogP contribution in [0.1, 0.15) is 48.4 Å². The Labute approximate surface area is 175 Å². The summed E-state index contributed by atoms with van der Waals surface area (Å²) in [5, 5.41) is 0. The van der Waals surface area contributed by atoms with E-state index < -0.39 is 17.5 Å². The number of hydrogen-bond donors (Lipinski definition) is 1. The SMILES string of the molecule is CC1(C)CC(CN2CCc3c(-c4ccc(F)cc4F)cc(C(N)=O)nc3C2)CCO1. The Morgan fingerprint density at radius 3 is 2.80 bits per heavy atom. The second-order valence-electron chi connectivity index (χ2n) is 8.92. The topological polar surface area (TPSA) is 68.5 Å². The highest BCUT2D eigenvalue weighted by Crippen LogP contribution is 2.34. The normalized spacial score (nSPS) is 21.3. The number of amides is 1. The highest BCUT2D eigenvalue weighted by Gasteiger charge is 2.31. The van der Waals surface area contributed by atoms with Crippen molar-refractivity contribution in [3.63, 3.8) is 0 Å². The van der Waals surface area contributed by atoms with Crippen LogP contribution in [-0.4, -0.2) is 41.1 Å². The van der Waals surface area contributed by atoms with Gasteiger partial charge >= 0.3 is 0 Å². The lowest BCUT2D eigenvalue weighted by Gasteiger charge is -2.39. The Balaban J connectivity index is 1.63. The van der Waals surface area contributed by atoms with Gasteiger partial charge in [-0.2, -0.15) is 0 Å². The van der Waals surface area contributed by atoms with Gasteiger partial charge in [-0.1, -0.05) is 0 Å². The van der Waals surface area contributed by atoms with Crippen LogP contribution in [0.5, 0.6) is 0 Å². The smallest absolute Gasteiger partial charge is 0.267 e. The van der Waals surface area contributed by atoms with Crippen molar-refractivity contribution in [2.45, 2.75) is 45.3 Å². The van der Waals surface area contributed by atoms with Gasteiger partial charge < -0.3 is 10.5 Å². The number of ether oxygens (including phenoxy) is 1. The molecule has 0 spiro atoms. The summed E-state index contributed by atoms with van der Waals surface area (Å²) in [6, 6.07) is 5.00. The minimum Gasteiger partial charge on any atom is -0.376 e. The van der Waals surface area contributed by atoms with Crippen molar-refractivity contribution in [2.75, 3.05) is 19.7 Å². The standard InChI is InChI=1S/C23H27F2N3O2/c1-23(2)11-14(6-8-30-23)12-28-7-5-17-18(16-4-3-15(24)9-19(16)25)10-20(22(26)29)27-21(17)13-28/h3-4,9-10,14H,5-8,11-13H2,1-2H3,(H2,26,29). The van der Waals surface area contributed by atoms with Gasteiger partial charge in [0.1, 0.15) is 17.3 Å². The van der Waals surface area contributed by atoms with Gasteiger partial charge in [-0.15, -0.1) is 0 Å². The lowest BCUT2D eigenvalue weighted by molar-refractivity contribution is -0.0773. The molecule has 3 heterocycles. The first kappa shape index (κ1) is 20.9. The first-order valence-corrected chi connectivity index (χ1v) is 10.4. The van der Waals surface area contributed by atoms with E-state index in [1.807, 2.05) is 0 Å². The van der Waals surface area contributed by atoms with Gasteiger partial charge in [0, 0.05) is 37.9 Å². The maximum atomic E-state index is 14.5. The van der Waals surface area contributed by atoms with Crippen LogP contribution < -0.4 is 5.73 Å². The third-order valence-corrected chi connectivity index (χ3v) is 6.05. The molecule has 1 fully saturated rings. The molecule has 1 saturated heterocycles. The Morgan fingerprint density at radius 2 is 2.10 bits per heavy atom. The fourth-order valence-electron chi connectivity index (χ4n) is 4.70. The number of fused-ring (bicyclic) bond motifs is 1. The Morgan fingerprint density at radius 1 is 1.30 bits per heavy atom. The van der Waals surface area contributed by atoms with E-state index >= 15 is 0 Å². The maximum absolute atomic E-state index is 14.5. The van der Waals surface area contributed by atoms with Crippen molar-refractivity contribution >= 4 is 5.91 Å². The van der Waals surface area contributed by atoms with E-state index in [1.54, 1.807) is 0 Å². The van der Waals surface area contributed by atoms with Gasteiger partial charge in [0.05, 0.1) is 11.3 Å². The fraction of sp³-hybridized carbons (Fsp3) is 0.478. The predicted octanol–water partition coefficient (Wildman–Crippen LogP) is 3.69. The zero-order valence-corrected chi connectivity index (χ0v) is 17.4. The zero-order chi connectivity index (χ0) is 21.5. The molecular formula is C23H27F2N3O2. The average Bonchev–Trinajstić information content (AvgIpc) is 2.66. The second kappa shape index (κ2) is 8.04. The Kier molecular flexibility index (Phi) is 5.59. The minimum atomic E-state index is -0.662. The van der Waals surface area contributed by atoms with Crippen LogP contribution in [0.3, 0.4) is 0 Å². The molecule has 1 atom stereocenters. The number of nitrogens with two attached hydrogens (primary N) is 1. The number of benzene rings is 1. The third kappa shape index (κ3) is 4.37. The summed E-state index contributed by atoms with van der Waals surface area (Å²) in [5.74, 6) is -1.43. The summed E-state index contributed by atoms with van der Waals surface area (Å²) in [7, 11) is 0. The molecule has 5 nitrogen and oxygen atoms in total. The zero-order valence-electron chi connectivity index (χ0n) is 17.4. The van der Waals surface area contributed by atoms with Gasteiger partial charge in [0.15, 0.2) is 0 Å². The van der Waals surface area contributed by atoms with Crippen LogP contribution in [-0.2, 0) is 17.7 Å². The molecule has 1 aromatic carbocycles. The van der Waals surface area contributed by atoms with Crippen LogP contribution in [0.4, 0.5) is 8.78 Å². The van der Waals surface area contributed by atoms with Gasteiger partial charge in [0.2, 0.25) is 0 Å². The summed E-state index contributed by atoms with van der Waals surface area (Å²) in [6.07, 6.45) is 2.70. The van der Waals surface area contributed by atoms with Gasteiger partial charge in [-0.3, -0.25) is 9.69 Å². The van der Waals surface area contributed by atoms with Crippen molar-refractivity contribution < 1.29 is 18.3 Å². The maximum Gasteiger partial charge on any atom is 0.267 e. The summed E-state index contributed by atoms with van der Waals surface area (Å²) in [6.45, 7) is 7.32. The van der Waals surface area contributed by atoms with Crippen molar-refractivity contribution in [2.24, 2.45) is 11.7 Å². The van der Waals surface area contributed by atoms with E-state index in [2.05, 4.69) is 23.7 Å². The van der Waals surface area contributed by atoms with Crippen molar-refractivity contribution in [1.82, 2.24) is 9.88 Å². The minimum absolute atomic E-state index is 0.0986. The van der Waals surface area contributed by atoms with Crippen LogP contribution in [0.15, 0.2) is 24.3 Å². The molecule has 1 amide bonds. The number of pyridine rings is 1. The molecule has 2 N–H and O–H groups in total. The first-order chi connectivity index (χ1) is 14.2. The highest BCUT2D eigenvalue weighted by atomic mass is 19.1. The lowest BCUT2D eigenvalue weighted by atomic mass is 9.87. The van der Waals surface area contributed by atoms with Crippen LogP contribution in [0, 0.1) is 17.6 Å². The highest BCUT2D eigenvalue weighted by molar-refractivity contribution is 5.92. The molecule has 30 heavy (non-hydrogen) atoms. The monoisotopic (exact) mass is 415 g/mol. The summed E-state index contributed by atoms with van der Waals surface area (Å²) in [5.41, 5.74) is 7.94. The van der Waals surface area contributed by atoms with Crippen LogP contribution in [0.25, 0.3) is 11.1 Å². The molecule has 160 valence electrons. The molecule has 1 aromatic heterocycles. The van der Waals surface area contributed by atoms with Crippen LogP contribution >= 0.6 is 0 Å². The van der Waals surface area contributed by atoms with E-state index in [9.17, 15) is 13.6 Å². The molecule has 2 aromatic rings. The first-order valence-electron chi connectivity index (χ1n) is 10.4. The third-order valence-electron chi connectivity index (χ3n) is 6.05. The quantitative estimate of drug-likeness (QED) is 0.827. The number of carbonyl (C=O) groups excluding carboxylic acids is 1. The number of nitrogens with zero attached hydrogens (tertiary/aromatic N) is 2. The van der Waals surface area contributed by atoms with E-state index in [-0.39, 0.29) is 16.9 Å². The summed E-state index contributed by atoms with van der Waals surface area (Å²) < 4.78 is 33.7. The van der Waals surface area contributed by atoms with Gasteiger partial charge in [0.25, 0.3) is 5.91 Å². The molecule has 7 heteroatoms. The second-order valence-corrected chi connectivity index (χ2v) is 8.92. The molecule has 0 saturated carbocycles. The van der Waals surface area contributed by atoms with Gasteiger partial charge in [-0.25, -0.2) is 13.8 Å². The number of aromatic nitrogens is 1. The molecule has 0 aliphatic carbocycles. The molecule has 2 aliphatic rings. The van der Waals surface area contributed by atoms with E-state index in [1.165, 1.54) is 18.2 Å². The predicted molar refractivity (Wildman–Crippen MR) is 110 cm³/mol. The van der Waals surface area contributed by atoms with E-state index in [4.69, 9.17) is 10.5 Å². The van der Waals surface area contributed by atoms with Gasteiger partial charge in [-0.05, 0) is 68.4 Å². The van der Waals surface area contributed by atoms with Crippen molar-refractivity contribution in [1.29, 1.82) is 0 Å². The fourth-order valence-corrected chi connectivity index (χ4v) is 4.70. The average molecular weight is 415 g/mol. The Bertz CT molecular complexity index is 977. The molecule has 0 radical (unpaired) electrons. The summed E-state index contributed by atoms with van der Waals surface area (Å²) >= 11 is 0. The van der Waals surface area contributed by atoms with Crippen molar-refractivity contribution in [3.05, 3.63) is 52.9 Å². The molecular weight excluding hydrogens is 388 g/mol. The largest absolute Gasteiger partial charge is 0.376 e. The Hall–Kier alpha value is -2.38. The lowest BCUT2D eigenvalue weighted by Crippen LogP contribution is -2.41. The molecule has 4 rings (SSSR count). The number of carbonyl (C=O) groups is 1. The number of rotatable bonds is 4. The van der Waals surface area contributed by atoms with E-state index in [0.717, 1.165) is 49.9 Å². The molecule has 2 aliphatic heterocycles. The van der Waals surface area contributed by atoms with E-state index in [0.29, 0.717) is 24.4 Å². The molecule has 0 bridgehead atoms. The van der Waals surface area contributed by atoms with Crippen LogP contribution in [0.2, 0.25) is 0 Å². The summed E-state index contributed by atoms with van der Waals surface area (Å²) in [4.78, 5) is 18.7. The van der Waals surface area contributed by atoms with Crippen molar-refractivity contribution in [3.8, 4) is 11.1 Å². The number of primary amides is 1.